The largest absolute Gasteiger partial charge is 0.396 e. The Morgan fingerprint density at radius 1 is 1.18 bits per heavy atom. The first-order valence-corrected chi connectivity index (χ1v) is 4.73. The van der Waals surface area contributed by atoms with Crippen molar-refractivity contribution in [2.75, 3.05) is 19.7 Å². The zero-order valence-corrected chi connectivity index (χ0v) is 7.05. The minimum absolute atomic E-state index is 0.372. The smallest absolute Gasteiger partial charge is 0.0448 e. The van der Waals surface area contributed by atoms with Crippen molar-refractivity contribution >= 4 is 0 Å². The van der Waals surface area contributed by atoms with Crippen molar-refractivity contribution in [1.82, 2.24) is 4.90 Å². The molecule has 0 atom stereocenters. The molecule has 2 saturated heterocycles. The predicted molar refractivity (Wildman–Crippen MR) is 44.5 cm³/mol. The number of nitrogens with zero attached hydrogens (tertiary/aromatic N) is 1. The van der Waals surface area contributed by atoms with E-state index in [2.05, 4.69) is 4.90 Å². The van der Waals surface area contributed by atoms with E-state index in [1.807, 2.05) is 0 Å². The molecular formula is C9H17NO. The van der Waals surface area contributed by atoms with E-state index >= 15 is 0 Å². The molecule has 0 saturated carbocycles. The molecule has 0 amide bonds. The molecule has 0 unspecified atom stereocenters. The van der Waals surface area contributed by atoms with E-state index < -0.39 is 0 Å². The first-order chi connectivity index (χ1) is 5.37. The summed E-state index contributed by atoms with van der Waals surface area (Å²) in [5, 5.41) is 8.94. The second-order valence-corrected chi connectivity index (χ2v) is 3.89. The lowest BCUT2D eigenvalue weighted by Gasteiger charge is -2.31. The van der Waals surface area contributed by atoms with Crippen molar-refractivity contribution < 1.29 is 5.11 Å². The van der Waals surface area contributed by atoms with Gasteiger partial charge in [0, 0.05) is 12.1 Å². The van der Waals surface area contributed by atoms with Gasteiger partial charge in [0.05, 0.1) is 0 Å². The lowest BCUT2D eigenvalue weighted by Crippen LogP contribution is -2.38. The van der Waals surface area contributed by atoms with E-state index in [0.717, 1.165) is 6.42 Å². The van der Waals surface area contributed by atoms with Crippen molar-refractivity contribution in [3.05, 3.63) is 0 Å². The fraction of sp³-hybridized carbons (Fsp3) is 1.00. The van der Waals surface area contributed by atoms with E-state index in [4.69, 9.17) is 5.11 Å². The van der Waals surface area contributed by atoms with Gasteiger partial charge in [-0.1, -0.05) is 0 Å². The molecule has 11 heavy (non-hydrogen) atoms. The van der Waals surface area contributed by atoms with E-state index in [1.54, 1.807) is 0 Å². The van der Waals surface area contributed by atoms with Gasteiger partial charge in [-0.15, -0.1) is 0 Å². The van der Waals surface area contributed by atoms with Gasteiger partial charge in [-0.2, -0.15) is 0 Å². The Morgan fingerprint density at radius 2 is 1.82 bits per heavy atom. The molecule has 2 heterocycles. The van der Waals surface area contributed by atoms with Crippen LogP contribution >= 0.6 is 0 Å². The summed E-state index contributed by atoms with van der Waals surface area (Å²) in [4.78, 5) is 2.59. The third kappa shape index (κ3) is 1.09. The maximum Gasteiger partial charge on any atom is 0.0448 e. The molecule has 1 N–H and O–H groups in total. The maximum absolute atomic E-state index is 8.94. The Morgan fingerprint density at radius 3 is 2.36 bits per heavy atom. The van der Waals surface area contributed by atoms with Crippen molar-refractivity contribution in [2.24, 2.45) is 0 Å². The molecule has 0 spiro atoms. The topological polar surface area (TPSA) is 23.5 Å². The van der Waals surface area contributed by atoms with Gasteiger partial charge >= 0.3 is 0 Å². The molecule has 2 aliphatic rings. The van der Waals surface area contributed by atoms with Crippen molar-refractivity contribution in [2.45, 2.75) is 37.6 Å². The van der Waals surface area contributed by atoms with Crippen LogP contribution in [0.25, 0.3) is 0 Å². The molecule has 0 bridgehead atoms. The van der Waals surface area contributed by atoms with Gasteiger partial charge in [0.1, 0.15) is 0 Å². The number of aliphatic hydroxyl groups excluding tert-OH is 1. The van der Waals surface area contributed by atoms with Gasteiger partial charge in [0.25, 0.3) is 0 Å². The van der Waals surface area contributed by atoms with Crippen LogP contribution in [0.4, 0.5) is 0 Å². The van der Waals surface area contributed by atoms with Gasteiger partial charge in [-0.3, -0.25) is 4.90 Å². The fourth-order valence-corrected chi connectivity index (χ4v) is 2.84. The van der Waals surface area contributed by atoms with Gasteiger partial charge < -0.3 is 5.11 Å². The molecule has 2 heteroatoms. The minimum Gasteiger partial charge on any atom is -0.396 e. The summed E-state index contributed by atoms with van der Waals surface area (Å²) in [5.41, 5.74) is 0.439. The van der Waals surface area contributed by atoms with E-state index in [0.29, 0.717) is 12.1 Å². The van der Waals surface area contributed by atoms with Crippen LogP contribution in [0, 0.1) is 0 Å². The standard InChI is InChI=1S/C9H17NO/c11-8-5-9-3-1-6-10(9)7-2-4-9/h11H,1-8H2. The average molecular weight is 155 g/mol. The normalized spacial score (nSPS) is 29.2. The number of hydrogen-bond acceptors (Lipinski definition) is 2. The van der Waals surface area contributed by atoms with Gasteiger partial charge in [0.2, 0.25) is 0 Å². The quantitative estimate of drug-likeness (QED) is 0.643. The van der Waals surface area contributed by atoms with Crippen LogP contribution in [-0.4, -0.2) is 35.2 Å². The summed E-state index contributed by atoms with van der Waals surface area (Å²) in [7, 11) is 0. The maximum atomic E-state index is 8.94. The van der Waals surface area contributed by atoms with Gasteiger partial charge in [-0.25, -0.2) is 0 Å². The number of fused-ring (bicyclic) bond motifs is 1. The third-order valence-electron chi connectivity index (χ3n) is 3.39. The Hall–Kier alpha value is -0.0800. The summed E-state index contributed by atoms with van der Waals surface area (Å²) in [6.45, 7) is 2.93. The van der Waals surface area contributed by atoms with Crippen molar-refractivity contribution in [1.29, 1.82) is 0 Å². The summed E-state index contributed by atoms with van der Waals surface area (Å²) >= 11 is 0. The number of rotatable bonds is 2. The molecule has 64 valence electrons. The highest BCUT2D eigenvalue weighted by Crippen LogP contribution is 2.40. The summed E-state index contributed by atoms with van der Waals surface area (Å²) in [6, 6.07) is 0. The highest BCUT2D eigenvalue weighted by Gasteiger charge is 2.43. The molecule has 0 radical (unpaired) electrons. The molecule has 2 fully saturated rings. The molecule has 2 nitrogen and oxygen atoms in total. The summed E-state index contributed by atoms with van der Waals surface area (Å²) in [6.07, 6.45) is 6.36. The number of aliphatic hydroxyl groups is 1. The Bertz CT molecular complexity index is 136. The highest BCUT2D eigenvalue weighted by atomic mass is 16.3. The summed E-state index contributed by atoms with van der Waals surface area (Å²) in [5.74, 6) is 0. The SMILES string of the molecule is OCCC12CCCN1CCC2. The van der Waals surface area contributed by atoms with E-state index in [9.17, 15) is 0 Å². The number of hydrogen-bond donors (Lipinski definition) is 1. The van der Waals surface area contributed by atoms with Gasteiger partial charge in [0.15, 0.2) is 0 Å². The second kappa shape index (κ2) is 2.76. The fourth-order valence-electron chi connectivity index (χ4n) is 2.84. The lowest BCUT2D eigenvalue weighted by atomic mass is 9.91. The van der Waals surface area contributed by atoms with Crippen LogP contribution in [-0.2, 0) is 0 Å². The predicted octanol–water partition coefficient (Wildman–Crippen LogP) is 0.997. The van der Waals surface area contributed by atoms with Crippen molar-refractivity contribution in [3.8, 4) is 0 Å². The molecule has 2 aliphatic heterocycles. The van der Waals surface area contributed by atoms with Crippen LogP contribution in [0.1, 0.15) is 32.1 Å². The zero-order valence-electron chi connectivity index (χ0n) is 7.05. The first kappa shape index (κ1) is 7.56. The first-order valence-electron chi connectivity index (χ1n) is 4.73. The van der Waals surface area contributed by atoms with Crippen LogP contribution < -0.4 is 0 Å². The minimum atomic E-state index is 0.372. The third-order valence-corrected chi connectivity index (χ3v) is 3.39. The molecule has 2 rings (SSSR count). The zero-order chi connectivity index (χ0) is 7.73. The van der Waals surface area contributed by atoms with Crippen molar-refractivity contribution in [3.63, 3.8) is 0 Å². The summed E-state index contributed by atoms with van der Waals surface area (Å²) < 4.78 is 0. The molecular weight excluding hydrogens is 138 g/mol. The lowest BCUT2D eigenvalue weighted by molar-refractivity contribution is 0.142. The molecule has 0 aromatic rings. The van der Waals surface area contributed by atoms with Crippen LogP contribution in [0.15, 0.2) is 0 Å². The van der Waals surface area contributed by atoms with Crippen LogP contribution in [0.5, 0.6) is 0 Å². The Labute approximate surface area is 68.2 Å². The van der Waals surface area contributed by atoms with E-state index in [-0.39, 0.29) is 0 Å². The average Bonchev–Trinajstić information content (AvgIpc) is 2.45. The molecule has 0 aromatic heterocycles. The molecule has 0 aliphatic carbocycles. The van der Waals surface area contributed by atoms with Crippen LogP contribution in [0.3, 0.4) is 0 Å². The van der Waals surface area contributed by atoms with Gasteiger partial charge in [-0.05, 0) is 45.2 Å². The van der Waals surface area contributed by atoms with E-state index in [1.165, 1.54) is 38.8 Å². The molecule has 0 aromatic carbocycles. The van der Waals surface area contributed by atoms with Crippen LogP contribution in [0.2, 0.25) is 0 Å². The highest BCUT2D eigenvalue weighted by molar-refractivity contribution is 4.99. The Kier molecular flexibility index (Phi) is 1.90. The second-order valence-electron chi connectivity index (χ2n) is 3.89. The monoisotopic (exact) mass is 155 g/mol. The Balaban J connectivity index is 2.07.